The second-order valence-electron chi connectivity index (χ2n) is 4.77. The van der Waals surface area contributed by atoms with Gasteiger partial charge >= 0.3 is 0 Å². The molecule has 0 bridgehead atoms. The first-order chi connectivity index (χ1) is 8.68. The van der Waals surface area contributed by atoms with E-state index in [1.807, 2.05) is 0 Å². The second kappa shape index (κ2) is 6.20. The number of nitrogens with two attached hydrogens (primary N) is 1. The zero-order valence-electron chi connectivity index (χ0n) is 10.7. The van der Waals surface area contributed by atoms with E-state index in [9.17, 15) is 0 Å². The molecule has 5 nitrogen and oxygen atoms in total. The molecule has 18 heavy (non-hydrogen) atoms. The van der Waals surface area contributed by atoms with Crippen LogP contribution in [-0.2, 0) is 0 Å². The minimum Gasteiger partial charge on any atom is -0.382 e. The van der Waals surface area contributed by atoms with E-state index in [1.165, 1.54) is 32.0 Å². The predicted octanol–water partition coefficient (Wildman–Crippen LogP) is 2.00. The Morgan fingerprint density at radius 1 is 1.44 bits per heavy atom. The Bertz CT molecular complexity index is 392. The molecule has 0 unspecified atom stereocenters. The molecule has 0 radical (unpaired) electrons. The van der Waals surface area contributed by atoms with Crippen molar-refractivity contribution >= 4 is 23.2 Å². The number of nitrogens with one attached hydrogen (secondary N) is 1. The lowest BCUT2D eigenvalue weighted by Crippen LogP contribution is -2.33. The van der Waals surface area contributed by atoms with Crippen LogP contribution in [0.3, 0.4) is 0 Å². The van der Waals surface area contributed by atoms with Gasteiger partial charge in [0, 0.05) is 19.1 Å². The standard InChI is InChI=1S/C12H20ClN5/c1-18(9-4-2-3-5-9)7-6-15-12-10(13)11(14)16-8-17-12/h8-9H,2-7H2,1H3,(H3,14,15,16,17). The van der Waals surface area contributed by atoms with Crippen molar-refractivity contribution in [3.63, 3.8) is 0 Å². The molecule has 6 heteroatoms. The van der Waals surface area contributed by atoms with Gasteiger partial charge in [0.1, 0.15) is 23.0 Å². The zero-order valence-corrected chi connectivity index (χ0v) is 11.5. The van der Waals surface area contributed by atoms with Gasteiger partial charge in [-0.25, -0.2) is 9.97 Å². The van der Waals surface area contributed by atoms with Gasteiger partial charge in [-0.15, -0.1) is 0 Å². The first-order valence-electron chi connectivity index (χ1n) is 6.38. The summed E-state index contributed by atoms with van der Waals surface area (Å²) in [6, 6.07) is 0.734. The molecule has 1 aromatic rings. The second-order valence-corrected chi connectivity index (χ2v) is 5.15. The average molecular weight is 270 g/mol. The summed E-state index contributed by atoms with van der Waals surface area (Å²) in [6.07, 6.45) is 6.77. The molecular weight excluding hydrogens is 250 g/mol. The normalized spacial score (nSPS) is 16.4. The number of hydrogen-bond acceptors (Lipinski definition) is 5. The van der Waals surface area contributed by atoms with Gasteiger partial charge in [0.25, 0.3) is 0 Å². The van der Waals surface area contributed by atoms with Crippen molar-refractivity contribution in [2.75, 3.05) is 31.2 Å². The number of nitrogen functional groups attached to an aromatic ring is 1. The van der Waals surface area contributed by atoms with E-state index in [4.69, 9.17) is 17.3 Å². The molecule has 2 rings (SSSR count). The summed E-state index contributed by atoms with van der Waals surface area (Å²) in [5.41, 5.74) is 5.62. The average Bonchev–Trinajstić information content (AvgIpc) is 2.88. The largest absolute Gasteiger partial charge is 0.382 e. The van der Waals surface area contributed by atoms with E-state index in [0.29, 0.717) is 16.7 Å². The van der Waals surface area contributed by atoms with Crippen molar-refractivity contribution in [3.05, 3.63) is 11.3 Å². The van der Waals surface area contributed by atoms with Crippen molar-refractivity contribution in [2.24, 2.45) is 0 Å². The third kappa shape index (κ3) is 3.23. The summed E-state index contributed by atoms with van der Waals surface area (Å²) >= 11 is 6.01. The molecule has 1 aliphatic carbocycles. The Morgan fingerprint density at radius 2 is 2.17 bits per heavy atom. The highest BCUT2D eigenvalue weighted by Gasteiger charge is 2.18. The van der Waals surface area contributed by atoms with Crippen molar-refractivity contribution in [1.82, 2.24) is 14.9 Å². The zero-order chi connectivity index (χ0) is 13.0. The predicted molar refractivity (Wildman–Crippen MR) is 74.8 cm³/mol. The number of anilines is 2. The number of rotatable bonds is 5. The van der Waals surface area contributed by atoms with Crippen LogP contribution in [0.15, 0.2) is 6.33 Å². The van der Waals surface area contributed by atoms with Gasteiger partial charge < -0.3 is 16.0 Å². The third-order valence-electron chi connectivity index (χ3n) is 3.52. The molecule has 3 N–H and O–H groups in total. The van der Waals surface area contributed by atoms with Crippen LogP contribution in [0.25, 0.3) is 0 Å². The maximum absolute atomic E-state index is 6.01. The van der Waals surface area contributed by atoms with E-state index in [1.54, 1.807) is 0 Å². The summed E-state index contributed by atoms with van der Waals surface area (Å²) in [5.74, 6) is 0.933. The summed E-state index contributed by atoms with van der Waals surface area (Å²) in [5, 5.41) is 3.61. The highest BCUT2D eigenvalue weighted by molar-refractivity contribution is 6.35. The third-order valence-corrected chi connectivity index (χ3v) is 3.89. The number of nitrogens with zero attached hydrogens (tertiary/aromatic N) is 3. The fourth-order valence-electron chi connectivity index (χ4n) is 2.38. The van der Waals surface area contributed by atoms with Crippen LogP contribution in [-0.4, -0.2) is 41.0 Å². The highest BCUT2D eigenvalue weighted by Crippen LogP contribution is 2.24. The summed E-state index contributed by atoms with van der Waals surface area (Å²) in [4.78, 5) is 10.3. The summed E-state index contributed by atoms with van der Waals surface area (Å²) < 4.78 is 0. The molecule has 0 atom stereocenters. The molecule has 0 amide bonds. The van der Waals surface area contributed by atoms with Crippen LogP contribution < -0.4 is 11.1 Å². The maximum Gasteiger partial charge on any atom is 0.150 e. The summed E-state index contributed by atoms with van der Waals surface area (Å²) in [7, 11) is 2.17. The van der Waals surface area contributed by atoms with Crippen LogP contribution >= 0.6 is 11.6 Å². The quantitative estimate of drug-likeness (QED) is 0.856. The molecule has 0 aliphatic heterocycles. The molecular formula is C12H20ClN5. The smallest absolute Gasteiger partial charge is 0.150 e. The van der Waals surface area contributed by atoms with E-state index < -0.39 is 0 Å². The molecule has 0 saturated heterocycles. The Hall–Kier alpha value is -1.07. The number of likely N-dealkylation sites (N-methyl/N-ethyl adjacent to an activating group) is 1. The molecule has 1 aliphatic rings. The van der Waals surface area contributed by atoms with Crippen LogP contribution in [0, 0.1) is 0 Å². The van der Waals surface area contributed by atoms with Gasteiger partial charge in [0.15, 0.2) is 0 Å². The Balaban J connectivity index is 1.79. The van der Waals surface area contributed by atoms with Crippen molar-refractivity contribution in [3.8, 4) is 0 Å². The van der Waals surface area contributed by atoms with Crippen LogP contribution in [0.5, 0.6) is 0 Å². The van der Waals surface area contributed by atoms with E-state index in [0.717, 1.165) is 19.1 Å². The molecule has 0 aromatic carbocycles. The molecule has 100 valence electrons. The van der Waals surface area contributed by atoms with Crippen LogP contribution in [0.2, 0.25) is 5.02 Å². The molecule has 1 heterocycles. The lowest BCUT2D eigenvalue weighted by Gasteiger charge is -2.24. The van der Waals surface area contributed by atoms with Gasteiger partial charge in [-0.1, -0.05) is 24.4 Å². The van der Waals surface area contributed by atoms with E-state index >= 15 is 0 Å². The molecule has 0 spiro atoms. The maximum atomic E-state index is 6.01. The fourth-order valence-corrected chi connectivity index (χ4v) is 2.55. The van der Waals surface area contributed by atoms with Crippen molar-refractivity contribution in [1.29, 1.82) is 0 Å². The minimum atomic E-state index is 0.318. The van der Waals surface area contributed by atoms with E-state index in [2.05, 4.69) is 27.2 Å². The van der Waals surface area contributed by atoms with Crippen LogP contribution in [0.1, 0.15) is 25.7 Å². The van der Waals surface area contributed by atoms with Gasteiger partial charge in [0.2, 0.25) is 0 Å². The minimum absolute atomic E-state index is 0.318. The lowest BCUT2D eigenvalue weighted by atomic mass is 10.2. The SMILES string of the molecule is CN(CCNc1ncnc(N)c1Cl)C1CCCC1. The van der Waals surface area contributed by atoms with Gasteiger partial charge in [-0.05, 0) is 19.9 Å². The monoisotopic (exact) mass is 269 g/mol. The Kier molecular flexibility index (Phi) is 4.60. The van der Waals surface area contributed by atoms with Gasteiger partial charge in [0.05, 0.1) is 0 Å². The van der Waals surface area contributed by atoms with Crippen molar-refractivity contribution in [2.45, 2.75) is 31.7 Å². The van der Waals surface area contributed by atoms with E-state index in [-0.39, 0.29) is 0 Å². The van der Waals surface area contributed by atoms with Crippen LogP contribution in [0.4, 0.5) is 11.6 Å². The lowest BCUT2D eigenvalue weighted by molar-refractivity contribution is 0.254. The molecule has 1 aromatic heterocycles. The first kappa shape index (κ1) is 13.4. The van der Waals surface area contributed by atoms with Gasteiger partial charge in [-0.2, -0.15) is 0 Å². The number of aromatic nitrogens is 2. The Labute approximate surface area is 113 Å². The first-order valence-corrected chi connectivity index (χ1v) is 6.76. The number of hydrogen-bond donors (Lipinski definition) is 2. The number of halogens is 1. The molecule has 1 fully saturated rings. The van der Waals surface area contributed by atoms with Gasteiger partial charge in [-0.3, -0.25) is 0 Å². The topological polar surface area (TPSA) is 67.1 Å². The fraction of sp³-hybridized carbons (Fsp3) is 0.667. The summed E-state index contributed by atoms with van der Waals surface area (Å²) in [6.45, 7) is 1.79. The molecule has 1 saturated carbocycles. The highest BCUT2D eigenvalue weighted by atomic mass is 35.5. The Morgan fingerprint density at radius 3 is 2.89 bits per heavy atom. The van der Waals surface area contributed by atoms with Crippen molar-refractivity contribution < 1.29 is 0 Å².